The highest BCUT2D eigenvalue weighted by molar-refractivity contribution is 7.89. The number of rotatable bonds is 4. The molecule has 0 saturated heterocycles. The lowest BCUT2D eigenvalue weighted by molar-refractivity contribution is 0.336. The van der Waals surface area contributed by atoms with Crippen molar-refractivity contribution in [3.05, 3.63) is 94.1 Å². The second-order valence-electron chi connectivity index (χ2n) is 8.04. The molecule has 0 radical (unpaired) electrons. The van der Waals surface area contributed by atoms with Gasteiger partial charge < -0.3 is 9.72 Å². The first-order chi connectivity index (χ1) is 15.4. The number of hydrogen-bond donors (Lipinski definition) is 1. The van der Waals surface area contributed by atoms with E-state index >= 15 is 0 Å². The van der Waals surface area contributed by atoms with E-state index in [9.17, 15) is 8.42 Å². The van der Waals surface area contributed by atoms with Crippen molar-refractivity contribution < 1.29 is 13.2 Å². The molecule has 0 bridgehead atoms. The Bertz CT molecular complexity index is 1410. The number of methoxy groups -OCH3 is 1. The number of halogens is 1. The van der Waals surface area contributed by atoms with Gasteiger partial charge in [-0.05, 0) is 48.7 Å². The Morgan fingerprint density at radius 1 is 1.06 bits per heavy atom. The maximum absolute atomic E-state index is 14.0. The molecule has 32 heavy (non-hydrogen) atoms. The van der Waals surface area contributed by atoms with Gasteiger partial charge in [-0.3, -0.25) is 0 Å². The van der Waals surface area contributed by atoms with Gasteiger partial charge in [0.2, 0.25) is 10.0 Å². The molecule has 0 fully saturated rings. The molecule has 0 saturated carbocycles. The number of aryl methyl sites for hydroxylation is 1. The maximum atomic E-state index is 14.0. The number of benzene rings is 3. The third-order valence-electron chi connectivity index (χ3n) is 6.10. The summed E-state index contributed by atoms with van der Waals surface area (Å²) >= 11 is 6.18. The quantitative estimate of drug-likeness (QED) is 0.433. The minimum absolute atomic E-state index is 0.0733. The molecule has 2 heterocycles. The van der Waals surface area contributed by atoms with Gasteiger partial charge in [-0.1, -0.05) is 59.6 Å². The number of aromatic amines is 1. The molecule has 0 spiro atoms. The molecule has 1 aromatic heterocycles. The lowest BCUT2D eigenvalue weighted by Crippen LogP contribution is -2.40. The number of nitrogens with zero attached hydrogens (tertiary/aromatic N) is 1. The second kappa shape index (κ2) is 7.96. The molecule has 0 aliphatic carbocycles. The van der Waals surface area contributed by atoms with E-state index in [2.05, 4.69) is 11.1 Å². The zero-order valence-corrected chi connectivity index (χ0v) is 19.4. The number of ether oxygens (including phenoxy) is 1. The largest absolute Gasteiger partial charge is 0.495 e. The highest BCUT2D eigenvalue weighted by atomic mass is 35.5. The highest BCUT2D eigenvalue weighted by Gasteiger charge is 2.40. The van der Waals surface area contributed by atoms with Crippen LogP contribution in [0.1, 0.15) is 28.4 Å². The van der Waals surface area contributed by atoms with Crippen LogP contribution in [0.4, 0.5) is 0 Å². The number of para-hydroxylation sites is 1. The van der Waals surface area contributed by atoms with Crippen LogP contribution in [0.15, 0.2) is 71.6 Å². The number of aromatic nitrogens is 1. The molecular weight excluding hydrogens is 444 g/mol. The van der Waals surface area contributed by atoms with Crippen molar-refractivity contribution in [2.75, 3.05) is 13.7 Å². The van der Waals surface area contributed by atoms with Crippen molar-refractivity contribution in [3.8, 4) is 5.75 Å². The van der Waals surface area contributed by atoms with Crippen molar-refractivity contribution in [1.82, 2.24) is 9.29 Å². The Balaban J connectivity index is 1.73. The third-order valence-corrected chi connectivity index (χ3v) is 8.22. The van der Waals surface area contributed by atoms with Gasteiger partial charge >= 0.3 is 0 Å². The summed E-state index contributed by atoms with van der Waals surface area (Å²) in [6, 6.07) is 20.3. The van der Waals surface area contributed by atoms with E-state index in [0.717, 1.165) is 33.3 Å². The summed E-state index contributed by atoms with van der Waals surface area (Å²) in [7, 11) is -2.45. The summed E-state index contributed by atoms with van der Waals surface area (Å²) in [6.45, 7) is 2.37. The lowest BCUT2D eigenvalue weighted by Gasteiger charge is -2.35. The number of fused-ring (bicyclic) bond motifs is 3. The minimum atomic E-state index is -3.91. The van der Waals surface area contributed by atoms with E-state index in [1.165, 1.54) is 13.2 Å². The van der Waals surface area contributed by atoms with Crippen LogP contribution in [0.5, 0.6) is 5.75 Å². The first kappa shape index (κ1) is 21.1. The molecule has 1 atom stereocenters. The number of hydrogen-bond acceptors (Lipinski definition) is 3. The SMILES string of the molecule is COc1ccc(Cl)cc1S(=O)(=O)N1CCc2c([nH]c3ccccc23)C1c1ccc(C)cc1. The molecule has 1 aliphatic heterocycles. The van der Waals surface area contributed by atoms with E-state index in [4.69, 9.17) is 16.3 Å². The molecule has 1 unspecified atom stereocenters. The van der Waals surface area contributed by atoms with Crippen LogP contribution in [0.25, 0.3) is 10.9 Å². The lowest BCUT2D eigenvalue weighted by atomic mass is 9.94. The third kappa shape index (κ3) is 3.39. The summed E-state index contributed by atoms with van der Waals surface area (Å²) in [5.74, 6) is 0.277. The monoisotopic (exact) mass is 466 g/mol. The molecule has 1 N–H and O–H groups in total. The van der Waals surface area contributed by atoms with Crippen molar-refractivity contribution >= 4 is 32.5 Å². The topological polar surface area (TPSA) is 62.4 Å². The van der Waals surface area contributed by atoms with E-state index in [1.807, 2.05) is 49.4 Å². The summed E-state index contributed by atoms with van der Waals surface area (Å²) in [4.78, 5) is 3.58. The maximum Gasteiger partial charge on any atom is 0.247 e. The van der Waals surface area contributed by atoms with Gasteiger partial charge in [0.25, 0.3) is 0 Å². The standard InChI is InChI=1S/C25H23ClN2O3S/c1-16-7-9-17(10-8-16)25-24-20(19-5-3-4-6-21(19)27-24)13-14-28(25)32(29,30)23-15-18(26)11-12-22(23)31-2/h3-12,15,25,27H,13-14H2,1-2H3. The molecule has 7 heteroatoms. The highest BCUT2D eigenvalue weighted by Crippen LogP contribution is 2.42. The Morgan fingerprint density at radius 3 is 2.56 bits per heavy atom. The molecule has 5 rings (SSSR count). The van der Waals surface area contributed by atoms with Gasteiger partial charge in [-0.2, -0.15) is 4.31 Å². The van der Waals surface area contributed by atoms with Crippen molar-refractivity contribution in [1.29, 1.82) is 0 Å². The van der Waals surface area contributed by atoms with Gasteiger partial charge in [0.1, 0.15) is 10.6 Å². The average molecular weight is 467 g/mol. The number of sulfonamides is 1. The van der Waals surface area contributed by atoms with E-state index in [0.29, 0.717) is 18.0 Å². The number of H-pyrrole nitrogens is 1. The predicted octanol–water partition coefficient (Wildman–Crippen LogP) is 5.47. The molecular formula is C25H23ClN2O3S. The second-order valence-corrected chi connectivity index (χ2v) is 10.3. The van der Waals surface area contributed by atoms with Crippen LogP contribution in [0.2, 0.25) is 5.02 Å². The molecule has 0 amide bonds. The molecule has 5 nitrogen and oxygen atoms in total. The van der Waals surface area contributed by atoms with E-state index in [-0.39, 0.29) is 10.6 Å². The Morgan fingerprint density at radius 2 is 1.81 bits per heavy atom. The molecule has 4 aromatic rings. The predicted molar refractivity (Wildman–Crippen MR) is 127 cm³/mol. The van der Waals surface area contributed by atoms with Gasteiger partial charge in [-0.15, -0.1) is 0 Å². The fourth-order valence-corrected chi connectivity index (χ4v) is 6.55. The normalized spacial score (nSPS) is 16.8. The van der Waals surface area contributed by atoms with Crippen LogP contribution < -0.4 is 4.74 Å². The van der Waals surface area contributed by atoms with Gasteiger partial charge in [0.15, 0.2) is 0 Å². The van der Waals surface area contributed by atoms with E-state index < -0.39 is 16.1 Å². The first-order valence-corrected chi connectivity index (χ1v) is 12.2. The summed E-state index contributed by atoms with van der Waals surface area (Å²) in [5, 5.41) is 1.48. The van der Waals surface area contributed by atoms with Crippen LogP contribution in [0, 0.1) is 6.92 Å². The zero-order valence-electron chi connectivity index (χ0n) is 17.8. The van der Waals surface area contributed by atoms with Crippen LogP contribution in [-0.2, 0) is 16.4 Å². The van der Waals surface area contributed by atoms with Crippen LogP contribution in [0.3, 0.4) is 0 Å². The van der Waals surface area contributed by atoms with E-state index in [1.54, 1.807) is 16.4 Å². The molecule has 1 aliphatic rings. The average Bonchev–Trinajstić information content (AvgIpc) is 3.18. The van der Waals surface area contributed by atoms with Crippen molar-refractivity contribution in [3.63, 3.8) is 0 Å². The summed E-state index contributed by atoms with van der Waals surface area (Å²) in [6.07, 6.45) is 0.615. The first-order valence-electron chi connectivity index (χ1n) is 10.4. The fraction of sp³-hybridized carbons (Fsp3) is 0.200. The van der Waals surface area contributed by atoms with Gasteiger partial charge in [0.05, 0.1) is 13.2 Å². The van der Waals surface area contributed by atoms with Crippen molar-refractivity contribution in [2.45, 2.75) is 24.3 Å². The molecule has 3 aromatic carbocycles. The Kier molecular flexibility index (Phi) is 5.24. The summed E-state index contributed by atoms with van der Waals surface area (Å²) in [5.41, 5.74) is 5.11. The Labute approximate surface area is 192 Å². The fourth-order valence-electron chi connectivity index (χ4n) is 4.54. The van der Waals surface area contributed by atoms with Crippen molar-refractivity contribution in [2.24, 2.45) is 0 Å². The number of nitrogens with one attached hydrogen (secondary N) is 1. The van der Waals surface area contributed by atoms with Crippen LogP contribution in [-0.4, -0.2) is 31.4 Å². The van der Waals surface area contributed by atoms with Crippen LogP contribution >= 0.6 is 11.6 Å². The minimum Gasteiger partial charge on any atom is -0.495 e. The van der Waals surface area contributed by atoms with Gasteiger partial charge in [-0.25, -0.2) is 8.42 Å². The zero-order chi connectivity index (χ0) is 22.5. The smallest absolute Gasteiger partial charge is 0.247 e. The molecule has 164 valence electrons. The van der Waals surface area contributed by atoms with Gasteiger partial charge in [0, 0.05) is 28.2 Å². The Hall–Kier alpha value is -2.80. The summed E-state index contributed by atoms with van der Waals surface area (Å²) < 4.78 is 34.9.